The molecule has 0 aromatic rings. The van der Waals surface area contributed by atoms with Crippen LogP contribution in [0, 0.1) is 0 Å². The second kappa shape index (κ2) is 56.3. The van der Waals surface area contributed by atoms with Crippen LogP contribution in [0.4, 0.5) is 0 Å². The van der Waals surface area contributed by atoms with Gasteiger partial charge in [-0.25, -0.2) is 0 Å². The van der Waals surface area contributed by atoms with E-state index in [9.17, 15) is 0 Å². The first-order valence-corrected chi connectivity index (χ1v) is 34.1. The van der Waals surface area contributed by atoms with Gasteiger partial charge >= 0.3 is 103 Å². The van der Waals surface area contributed by atoms with Gasteiger partial charge in [-0.3, -0.25) is 19.6 Å². The number of fused-ring (bicyclic) bond motifs is 42. The molecule has 8 rings (SSSR count). The van der Waals surface area contributed by atoms with Crippen LogP contribution in [0.25, 0.3) is 0 Å². The van der Waals surface area contributed by atoms with Gasteiger partial charge in [0.05, 0.1) is 159 Å². The van der Waals surface area contributed by atoms with Crippen LogP contribution in [-0.2, 0) is 73.9 Å². The smallest absolute Gasteiger partial charge is 0.378 e. The molecule has 0 aromatic heterocycles. The van der Waals surface area contributed by atoms with E-state index in [1.807, 2.05) is 0 Å². The normalized spacial score (nSPS) is 31.2. The third kappa shape index (κ3) is 46.8. The summed E-state index contributed by atoms with van der Waals surface area (Å²) in [5.41, 5.74) is 0. The van der Waals surface area contributed by atoms with Crippen molar-refractivity contribution >= 4 is 63.7 Å². The Balaban J connectivity index is 0.000000989. The molecule has 0 atom stereocenters. The van der Waals surface area contributed by atoms with E-state index in [2.05, 4.69) is 19.6 Å². The molecule has 8 heterocycles. The number of hydrogen-bond acceptors (Lipinski definition) is 16. The van der Waals surface area contributed by atoms with Crippen LogP contribution in [0.3, 0.4) is 0 Å². The summed E-state index contributed by atoms with van der Waals surface area (Å²) in [7, 11) is 12.9. The molecule has 27 heteroatoms. The first-order valence-electron chi connectivity index (χ1n) is 21.3. The summed E-state index contributed by atoms with van der Waals surface area (Å²) in [6.07, 6.45) is 0. The molecule has 16 nitrogen and oxygen atoms in total. The molecule has 0 aliphatic carbocycles. The second-order valence-electron chi connectivity index (χ2n) is 13.4. The van der Waals surface area contributed by atoms with Crippen molar-refractivity contribution in [1.29, 1.82) is 0 Å². The summed E-state index contributed by atoms with van der Waals surface area (Å²) in [5.74, 6) is 0. The summed E-state index contributed by atoms with van der Waals surface area (Å²) in [5, 5.41) is 0. The van der Waals surface area contributed by atoms with Crippen LogP contribution in [0.2, 0.25) is 0 Å². The average Bonchev–Trinajstić information content (AvgIpc) is 3.20. The Hall–Kier alpha value is 6.59. The first kappa shape index (κ1) is 69.6. The minimum absolute atomic E-state index is 0. The van der Waals surface area contributed by atoms with E-state index in [-0.39, 0.29) is 120 Å². The van der Waals surface area contributed by atoms with E-state index in [4.69, 9.17) is 56.8 Å². The monoisotopic (exact) mass is 1130 g/mol. The number of ether oxygens (including phenoxy) is 12. The Kier molecular flexibility index (Phi) is 62.2. The van der Waals surface area contributed by atoms with Gasteiger partial charge in [-0.05, 0) is 0 Å². The minimum atomic E-state index is 0. The van der Waals surface area contributed by atoms with Crippen molar-refractivity contribution in [3.8, 4) is 0 Å². The molecule has 4 bridgehead atoms. The minimum Gasteiger partial charge on any atom is -0.378 e. The summed E-state index contributed by atoms with van der Waals surface area (Å²) in [6, 6.07) is 0. The molecule has 0 aromatic carbocycles. The van der Waals surface area contributed by atoms with Crippen LogP contribution < -0.4 is 103 Å². The number of hydrogen-bond donors (Lipinski definition) is 0. The van der Waals surface area contributed by atoms with Gasteiger partial charge in [-0.2, -0.15) is 0 Å². The fourth-order valence-corrected chi connectivity index (χ4v) is 12.1. The largest absolute Gasteiger partial charge is 1.00 e. The molecular weight excluding hydrogens is 1060 g/mol. The van der Waals surface area contributed by atoms with E-state index in [1.54, 1.807) is 63.7 Å². The average molecular weight is 1130 g/mol. The molecule has 8 aliphatic rings. The first-order chi connectivity index (χ1) is 29.9. The van der Waals surface area contributed by atoms with Crippen molar-refractivity contribution in [2.24, 2.45) is 0 Å². The van der Waals surface area contributed by atoms with Crippen molar-refractivity contribution in [3.05, 3.63) is 0 Å². The molecule has 0 saturated carbocycles. The van der Waals surface area contributed by atoms with Gasteiger partial charge in [0.15, 0.2) is 0 Å². The van der Waals surface area contributed by atoms with Crippen molar-refractivity contribution in [2.75, 3.05) is 237 Å². The van der Waals surface area contributed by atoms with Gasteiger partial charge in [0.2, 0.25) is 0 Å². The van der Waals surface area contributed by atoms with E-state index in [0.29, 0.717) is 159 Å². The van der Waals surface area contributed by atoms with Crippen LogP contribution in [0.1, 0.15) is 0 Å². The maximum Gasteiger partial charge on any atom is 1.00 e. The molecular formula is C36H72FeK2N4O12P8+2. The Morgan fingerprint density at radius 2 is 0.270 bits per heavy atom. The Morgan fingerprint density at radius 1 is 0.175 bits per heavy atom. The van der Waals surface area contributed by atoms with Crippen molar-refractivity contribution in [3.63, 3.8) is 0 Å². The number of nitrogens with zero attached hydrogens (tertiary/aromatic N) is 4. The fourth-order valence-electron chi connectivity index (χ4n) is 5.68. The van der Waals surface area contributed by atoms with E-state index in [1.165, 1.54) is 0 Å². The van der Waals surface area contributed by atoms with Crippen LogP contribution in [-0.4, -0.2) is 257 Å². The molecule has 8 fully saturated rings. The summed E-state index contributed by atoms with van der Waals surface area (Å²) in [6.45, 7) is 26.4. The summed E-state index contributed by atoms with van der Waals surface area (Å²) in [4.78, 5) is 9.25. The van der Waals surface area contributed by atoms with E-state index < -0.39 is 0 Å². The zero-order chi connectivity index (χ0) is 41.9. The topological polar surface area (TPSA) is 124 Å². The van der Waals surface area contributed by atoms with Crippen molar-refractivity contribution in [2.45, 2.75) is 0 Å². The van der Waals surface area contributed by atoms with Gasteiger partial charge in [0.1, 0.15) is 0 Å². The van der Waals surface area contributed by atoms with E-state index in [0.717, 1.165) is 78.5 Å². The van der Waals surface area contributed by atoms with Gasteiger partial charge in [-0.15, -0.1) is 0 Å². The third-order valence-corrected chi connectivity index (χ3v) is 34.8. The predicted molar refractivity (Wildman–Crippen MR) is 251 cm³/mol. The SMILES string of the molecule is C1COCCN2CCOCCOCCN(CCO1)CCOCCOCC2.C1COCCN2CCOCCOCCN(CCO1)CCOCCOCC2.[Fe].[K+].[K+].[P]1[P][P][P]1.[P]1[P][P][P]1. The molecule has 8 radical (unpaired) electrons. The molecule has 356 valence electrons. The second-order valence-corrected chi connectivity index (χ2v) is 32.0. The standard InChI is InChI=1S/2C18H36N2O6.Fe.2K.2P4/c2*1-7-21-13-14-24-10-4-20-5-11-25-17-15-22-8-2-19(1)3-9-23-16-18-26-12-6-20;;;;2*1-2-4-3-1/h2*1-18H2;;;;;/q;;;2*+1;;. The molecule has 0 N–H and O–H groups in total. The summed E-state index contributed by atoms with van der Waals surface area (Å²) >= 11 is 0. The molecule has 0 unspecified atom stereocenters. The number of rotatable bonds is 0. The van der Waals surface area contributed by atoms with Gasteiger partial charge < -0.3 is 56.8 Å². The quantitative estimate of drug-likeness (QED) is 0.245. The fraction of sp³-hybridized carbons (Fsp3) is 1.00. The maximum atomic E-state index is 5.70. The summed E-state index contributed by atoms with van der Waals surface area (Å²) < 4.78 is 68.4. The van der Waals surface area contributed by atoms with Gasteiger partial charge in [0, 0.05) is 159 Å². The van der Waals surface area contributed by atoms with Crippen LogP contribution in [0.15, 0.2) is 0 Å². The molecule has 8 saturated heterocycles. The molecule has 8 aliphatic heterocycles. The Bertz CT molecular complexity index is 702. The molecule has 63 heavy (non-hydrogen) atoms. The Labute approximate surface area is 490 Å². The van der Waals surface area contributed by atoms with E-state index >= 15 is 0 Å². The maximum absolute atomic E-state index is 5.70. The van der Waals surface area contributed by atoms with Gasteiger partial charge in [0.25, 0.3) is 0 Å². The Morgan fingerprint density at radius 3 is 0.349 bits per heavy atom. The third-order valence-electron chi connectivity index (χ3n) is 9.17. The van der Waals surface area contributed by atoms with Crippen LogP contribution >= 0.6 is 63.7 Å². The van der Waals surface area contributed by atoms with Gasteiger partial charge in [-0.1, -0.05) is 0 Å². The zero-order valence-electron chi connectivity index (χ0n) is 38.1. The zero-order valence-corrected chi connectivity index (χ0v) is 52.6. The van der Waals surface area contributed by atoms with Crippen LogP contribution in [0.5, 0.6) is 0 Å². The van der Waals surface area contributed by atoms with Crippen molar-refractivity contribution < 1.29 is 177 Å². The molecule has 0 spiro atoms. The predicted octanol–water partition coefficient (Wildman–Crippen LogP) is 0.330. The van der Waals surface area contributed by atoms with Crippen molar-refractivity contribution in [1.82, 2.24) is 19.6 Å². The molecule has 0 amide bonds.